The Labute approximate surface area is 91.7 Å². The standard InChI is InChI=1S/C9H15N5O2/c15-8-7(13-14-9(16)12-8)11-5-3-6-2-1-4-10-6/h6,10H,1-5H2,(H,11,13)(H2,12,14,15,16)/t6-/m1/s1. The van der Waals surface area contributed by atoms with Crippen LogP contribution in [0.3, 0.4) is 0 Å². The maximum atomic E-state index is 11.3. The van der Waals surface area contributed by atoms with E-state index in [1.807, 2.05) is 0 Å². The van der Waals surface area contributed by atoms with Gasteiger partial charge in [-0.3, -0.25) is 9.78 Å². The lowest BCUT2D eigenvalue weighted by molar-refractivity contribution is 0.573. The first-order chi connectivity index (χ1) is 7.75. The van der Waals surface area contributed by atoms with Crippen LogP contribution in [0.1, 0.15) is 19.3 Å². The van der Waals surface area contributed by atoms with Gasteiger partial charge in [-0.15, -0.1) is 5.10 Å². The third kappa shape index (κ3) is 2.69. The molecule has 88 valence electrons. The lowest BCUT2D eigenvalue weighted by Gasteiger charge is -2.09. The van der Waals surface area contributed by atoms with Gasteiger partial charge in [0.05, 0.1) is 0 Å². The summed E-state index contributed by atoms with van der Waals surface area (Å²) in [7, 11) is 0. The first-order valence-corrected chi connectivity index (χ1v) is 5.42. The molecule has 1 fully saturated rings. The lowest BCUT2D eigenvalue weighted by atomic mass is 10.1. The van der Waals surface area contributed by atoms with Crippen molar-refractivity contribution >= 4 is 5.82 Å². The first-order valence-electron chi connectivity index (χ1n) is 5.42. The number of aromatic nitrogens is 3. The van der Waals surface area contributed by atoms with Gasteiger partial charge in [0.15, 0.2) is 0 Å². The summed E-state index contributed by atoms with van der Waals surface area (Å²) in [6, 6.07) is 0.523. The topological polar surface area (TPSA) is 103 Å². The number of H-pyrrole nitrogens is 2. The highest BCUT2D eigenvalue weighted by Gasteiger charge is 2.13. The van der Waals surface area contributed by atoms with Crippen LogP contribution in [0, 0.1) is 0 Å². The fraction of sp³-hybridized carbons (Fsp3) is 0.667. The van der Waals surface area contributed by atoms with E-state index in [9.17, 15) is 9.59 Å². The highest BCUT2D eigenvalue weighted by atomic mass is 16.2. The number of aromatic amines is 2. The molecule has 0 aromatic carbocycles. The average Bonchev–Trinajstić information content (AvgIpc) is 2.74. The third-order valence-corrected chi connectivity index (χ3v) is 2.66. The minimum absolute atomic E-state index is 0.164. The summed E-state index contributed by atoms with van der Waals surface area (Å²) in [6.07, 6.45) is 3.33. The van der Waals surface area contributed by atoms with Gasteiger partial charge in [0.1, 0.15) is 0 Å². The van der Waals surface area contributed by atoms with Crippen molar-refractivity contribution in [2.75, 3.05) is 18.4 Å². The van der Waals surface area contributed by atoms with Gasteiger partial charge in [0.25, 0.3) is 5.56 Å². The molecule has 2 rings (SSSR count). The van der Waals surface area contributed by atoms with E-state index in [1.54, 1.807) is 0 Å². The molecule has 4 N–H and O–H groups in total. The molecule has 0 aliphatic carbocycles. The maximum Gasteiger partial charge on any atom is 0.342 e. The van der Waals surface area contributed by atoms with Crippen LogP contribution in [-0.2, 0) is 0 Å². The summed E-state index contributed by atoms with van der Waals surface area (Å²) in [6.45, 7) is 1.74. The van der Waals surface area contributed by atoms with Crippen molar-refractivity contribution in [3.8, 4) is 0 Å². The van der Waals surface area contributed by atoms with E-state index in [-0.39, 0.29) is 5.82 Å². The van der Waals surface area contributed by atoms with Crippen LogP contribution < -0.4 is 21.9 Å². The van der Waals surface area contributed by atoms with E-state index in [1.165, 1.54) is 12.8 Å². The van der Waals surface area contributed by atoms with Crippen LogP contribution in [0.2, 0.25) is 0 Å². The van der Waals surface area contributed by atoms with Crippen LogP contribution in [-0.4, -0.2) is 34.3 Å². The molecular weight excluding hydrogens is 210 g/mol. The Morgan fingerprint density at radius 2 is 2.31 bits per heavy atom. The fourth-order valence-corrected chi connectivity index (χ4v) is 1.84. The molecule has 16 heavy (non-hydrogen) atoms. The van der Waals surface area contributed by atoms with Crippen molar-refractivity contribution in [2.45, 2.75) is 25.3 Å². The Morgan fingerprint density at radius 1 is 1.44 bits per heavy atom. The normalized spacial score (nSPS) is 19.9. The molecule has 1 aliphatic heterocycles. The van der Waals surface area contributed by atoms with E-state index in [2.05, 4.69) is 25.8 Å². The molecule has 7 nitrogen and oxygen atoms in total. The quantitative estimate of drug-likeness (QED) is 0.527. The second kappa shape index (κ2) is 4.93. The van der Waals surface area contributed by atoms with Gasteiger partial charge in [-0.1, -0.05) is 0 Å². The Kier molecular flexibility index (Phi) is 3.35. The minimum atomic E-state index is -0.590. The number of nitrogens with one attached hydrogen (secondary N) is 4. The molecule has 1 atom stereocenters. The Hall–Kier alpha value is -1.63. The third-order valence-electron chi connectivity index (χ3n) is 2.66. The number of hydrogen-bond donors (Lipinski definition) is 4. The predicted molar refractivity (Wildman–Crippen MR) is 59.6 cm³/mol. The Morgan fingerprint density at radius 3 is 3.00 bits per heavy atom. The van der Waals surface area contributed by atoms with Crippen LogP contribution in [0.15, 0.2) is 9.59 Å². The zero-order valence-corrected chi connectivity index (χ0v) is 8.88. The minimum Gasteiger partial charge on any atom is -0.364 e. The van der Waals surface area contributed by atoms with Crippen molar-refractivity contribution in [2.24, 2.45) is 0 Å². The van der Waals surface area contributed by atoms with Crippen molar-refractivity contribution in [1.82, 2.24) is 20.5 Å². The Balaban J connectivity index is 1.84. The molecule has 0 unspecified atom stereocenters. The molecule has 1 aliphatic rings. The summed E-state index contributed by atoms with van der Waals surface area (Å²) in [5.74, 6) is 0.164. The number of hydrogen-bond acceptors (Lipinski definition) is 5. The second-order valence-electron chi connectivity index (χ2n) is 3.86. The Bertz CT molecular complexity index is 446. The second-order valence-corrected chi connectivity index (χ2v) is 3.86. The summed E-state index contributed by atoms with van der Waals surface area (Å²) >= 11 is 0. The fourth-order valence-electron chi connectivity index (χ4n) is 1.84. The van der Waals surface area contributed by atoms with Crippen LogP contribution in [0.4, 0.5) is 5.82 Å². The van der Waals surface area contributed by atoms with Crippen LogP contribution in [0.5, 0.6) is 0 Å². The molecule has 1 aromatic rings. The highest BCUT2D eigenvalue weighted by Crippen LogP contribution is 2.08. The van der Waals surface area contributed by atoms with E-state index in [4.69, 9.17) is 0 Å². The zero-order chi connectivity index (χ0) is 11.4. The molecule has 0 radical (unpaired) electrons. The number of nitrogens with zero attached hydrogens (tertiary/aromatic N) is 1. The van der Waals surface area contributed by atoms with Gasteiger partial charge in [0.2, 0.25) is 5.82 Å². The predicted octanol–water partition coefficient (Wildman–Crippen LogP) is -0.988. The van der Waals surface area contributed by atoms with Gasteiger partial charge in [0, 0.05) is 12.6 Å². The van der Waals surface area contributed by atoms with Crippen molar-refractivity contribution in [3.05, 3.63) is 20.8 Å². The molecule has 0 amide bonds. The van der Waals surface area contributed by atoms with Gasteiger partial charge in [-0.2, -0.15) is 0 Å². The summed E-state index contributed by atoms with van der Waals surface area (Å²) in [5.41, 5.74) is -1.07. The van der Waals surface area contributed by atoms with Crippen molar-refractivity contribution in [3.63, 3.8) is 0 Å². The van der Waals surface area contributed by atoms with Gasteiger partial charge in [-0.05, 0) is 25.8 Å². The average molecular weight is 225 g/mol. The molecule has 7 heteroatoms. The molecule has 1 aromatic heterocycles. The number of rotatable bonds is 4. The van der Waals surface area contributed by atoms with Crippen molar-refractivity contribution in [1.29, 1.82) is 0 Å². The van der Waals surface area contributed by atoms with Gasteiger partial charge >= 0.3 is 5.69 Å². The summed E-state index contributed by atoms with van der Waals surface area (Å²) < 4.78 is 0. The molecule has 0 saturated carbocycles. The molecule has 2 heterocycles. The molecule has 0 spiro atoms. The summed E-state index contributed by atoms with van der Waals surface area (Å²) in [5, 5.41) is 12.1. The monoisotopic (exact) mass is 225 g/mol. The number of anilines is 1. The summed E-state index contributed by atoms with van der Waals surface area (Å²) in [4.78, 5) is 24.1. The van der Waals surface area contributed by atoms with Crippen LogP contribution in [0.25, 0.3) is 0 Å². The van der Waals surface area contributed by atoms with Gasteiger partial charge < -0.3 is 10.6 Å². The van der Waals surface area contributed by atoms with E-state index < -0.39 is 11.2 Å². The van der Waals surface area contributed by atoms with Gasteiger partial charge in [-0.25, -0.2) is 9.89 Å². The van der Waals surface area contributed by atoms with Crippen LogP contribution >= 0.6 is 0 Å². The molecule has 0 bridgehead atoms. The van der Waals surface area contributed by atoms with Crippen molar-refractivity contribution < 1.29 is 0 Å². The lowest BCUT2D eigenvalue weighted by Crippen LogP contribution is -2.29. The van der Waals surface area contributed by atoms with E-state index in [0.29, 0.717) is 12.6 Å². The van der Waals surface area contributed by atoms with E-state index >= 15 is 0 Å². The molecule has 1 saturated heterocycles. The maximum absolute atomic E-state index is 11.3. The largest absolute Gasteiger partial charge is 0.364 e. The molecular formula is C9H15N5O2. The zero-order valence-electron chi connectivity index (χ0n) is 8.88. The SMILES string of the molecule is O=c1[nH]nc(NCC[C@H]2CCCN2)c(=O)[nH]1. The highest BCUT2D eigenvalue weighted by molar-refractivity contribution is 5.28. The van der Waals surface area contributed by atoms with E-state index in [0.717, 1.165) is 13.0 Å². The smallest absolute Gasteiger partial charge is 0.342 e. The first kappa shape index (κ1) is 10.9.